The molecule has 4 N–H and O–H groups in total. The summed E-state index contributed by atoms with van der Waals surface area (Å²) in [4.78, 5) is 0.111. The summed E-state index contributed by atoms with van der Waals surface area (Å²) in [6, 6.07) is 11.8. The Morgan fingerprint density at radius 1 is 1.09 bits per heavy atom. The van der Waals surface area contributed by atoms with E-state index < -0.39 is 30.3 Å². The van der Waals surface area contributed by atoms with Crippen LogP contribution in [-0.4, -0.2) is 52.1 Å². The first-order valence-corrected chi connectivity index (χ1v) is 17.0. The zero-order chi connectivity index (χ0) is 26.0. The number of nitrogens with one attached hydrogen (secondary N) is 2. The fraction of sp³-hybridized carbons (Fsp3) is 0.500. The summed E-state index contributed by atoms with van der Waals surface area (Å²) in [5, 5.41) is 3.26. The van der Waals surface area contributed by atoms with Crippen molar-refractivity contribution >= 4 is 41.7 Å². The van der Waals surface area contributed by atoms with E-state index in [0.717, 1.165) is 12.0 Å². The van der Waals surface area contributed by atoms with Gasteiger partial charge in [0, 0.05) is 30.3 Å². The third kappa shape index (κ3) is 6.91. The Kier molecular flexibility index (Phi) is 8.48. The van der Waals surface area contributed by atoms with Gasteiger partial charge in [-0.2, -0.15) is 10.6 Å². The summed E-state index contributed by atoms with van der Waals surface area (Å²) in [5.74, 6) is 0.646. The van der Waals surface area contributed by atoms with E-state index >= 15 is 0 Å². The Balaban J connectivity index is 1.99. The van der Waals surface area contributed by atoms with Gasteiger partial charge in [0.15, 0.2) is 0 Å². The summed E-state index contributed by atoms with van der Waals surface area (Å²) in [6.07, 6.45) is 3.18. The number of anilines is 2. The van der Waals surface area contributed by atoms with Crippen molar-refractivity contribution in [1.82, 2.24) is 0 Å². The number of rotatable bonds is 9. The molecule has 8 nitrogen and oxygen atoms in total. The first-order chi connectivity index (χ1) is 16.2. The van der Waals surface area contributed by atoms with Crippen molar-refractivity contribution < 1.29 is 21.7 Å². The highest BCUT2D eigenvalue weighted by atomic mass is 32.3. The van der Waals surface area contributed by atoms with Crippen LogP contribution in [0.5, 0.6) is 0 Å². The van der Waals surface area contributed by atoms with E-state index in [-0.39, 0.29) is 39.8 Å². The maximum absolute atomic E-state index is 13.8. The molecular formula is C24H37N3O5S3. The van der Waals surface area contributed by atoms with E-state index in [1.807, 2.05) is 32.9 Å². The average molecular weight is 544 g/mol. The molecule has 196 valence electrons. The first kappa shape index (κ1) is 27.8. The second-order valence-corrected chi connectivity index (χ2v) is 16.0. The van der Waals surface area contributed by atoms with Gasteiger partial charge in [0.25, 0.3) is 10.0 Å². The van der Waals surface area contributed by atoms with Crippen molar-refractivity contribution in [3.05, 3.63) is 48.0 Å². The van der Waals surface area contributed by atoms with Gasteiger partial charge in [-0.05, 0) is 61.1 Å². The van der Waals surface area contributed by atoms with Crippen molar-refractivity contribution in [2.45, 2.75) is 55.9 Å². The maximum atomic E-state index is 13.8. The van der Waals surface area contributed by atoms with E-state index in [0.29, 0.717) is 24.2 Å². The molecule has 1 saturated heterocycles. The first-order valence-electron chi connectivity index (χ1n) is 11.7. The normalized spacial score (nSPS) is 19.2. The fourth-order valence-electron chi connectivity index (χ4n) is 4.08. The molecule has 1 heterocycles. The molecule has 0 saturated carbocycles. The lowest BCUT2D eigenvalue weighted by atomic mass is 10.1. The van der Waals surface area contributed by atoms with E-state index in [2.05, 4.69) is 5.32 Å². The molecule has 0 spiro atoms. The monoisotopic (exact) mass is 543 g/mol. The topological polar surface area (TPSA) is 131 Å². The third-order valence-corrected chi connectivity index (χ3v) is 10.8. The molecule has 0 aliphatic carbocycles. The van der Waals surface area contributed by atoms with Crippen LogP contribution in [0.15, 0.2) is 52.3 Å². The fourth-order valence-corrected chi connectivity index (χ4v) is 8.23. The molecule has 2 aromatic rings. The Morgan fingerprint density at radius 3 is 2.20 bits per heavy atom. The summed E-state index contributed by atoms with van der Waals surface area (Å²) in [6.45, 7) is 6.21. The van der Waals surface area contributed by atoms with Crippen LogP contribution in [0.4, 0.5) is 11.4 Å². The van der Waals surface area contributed by atoms with Gasteiger partial charge in [0.05, 0.1) is 30.9 Å². The molecule has 1 unspecified atom stereocenters. The number of hydrogen-bond donors (Lipinski definition) is 4. The Morgan fingerprint density at radius 2 is 1.69 bits per heavy atom. The van der Waals surface area contributed by atoms with Gasteiger partial charge in [0.1, 0.15) is 0 Å². The van der Waals surface area contributed by atoms with Crippen molar-refractivity contribution in [1.29, 1.82) is 4.78 Å². The predicted octanol–water partition coefficient (Wildman–Crippen LogP) is 5.46. The van der Waals surface area contributed by atoms with Crippen LogP contribution < -0.4 is 9.62 Å². The molecule has 35 heavy (non-hydrogen) atoms. The lowest BCUT2D eigenvalue weighted by molar-refractivity contribution is 0.462. The second-order valence-electron chi connectivity index (χ2n) is 9.58. The van der Waals surface area contributed by atoms with Crippen LogP contribution >= 0.6 is 10.6 Å². The van der Waals surface area contributed by atoms with Gasteiger partial charge in [-0.1, -0.05) is 32.9 Å². The van der Waals surface area contributed by atoms with Crippen molar-refractivity contribution in [3.8, 4) is 0 Å². The van der Waals surface area contributed by atoms with E-state index in [9.17, 15) is 21.7 Å². The minimum absolute atomic E-state index is 0.0158. The van der Waals surface area contributed by atoms with Crippen molar-refractivity contribution in [3.63, 3.8) is 0 Å². The zero-order valence-corrected chi connectivity index (χ0v) is 23.2. The lowest BCUT2D eigenvalue weighted by Gasteiger charge is -2.39. The van der Waals surface area contributed by atoms with Gasteiger partial charge in [0.2, 0.25) is 0 Å². The number of benzene rings is 2. The smallest absolute Gasteiger partial charge is 0.264 e. The Bertz CT molecular complexity index is 1230. The molecule has 11 heteroatoms. The number of sulfonamides is 1. The summed E-state index contributed by atoms with van der Waals surface area (Å²) < 4.78 is 69.7. The van der Waals surface area contributed by atoms with Gasteiger partial charge >= 0.3 is 0 Å². The highest BCUT2D eigenvalue weighted by Gasteiger charge is 2.29. The SMILES string of the molecule is CCc1ccc(N(CC(C)C)S(=O)(=O)c2ccc(NC3CCS(O)(O)CC3)c(S(C)(=N)=O)c2)cc1. The van der Waals surface area contributed by atoms with Gasteiger partial charge in [-0.15, -0.1) is 0 Å². The van der Waals surface area contributed by atoms with E-state index in [4.69, 9.17) is 4.78 Å². The largest absolute Gasteiger partial charge is 0.381 e. The third-order valence-electron chi connectivity index (χ3n) is 6.07. The van der Waals surface area contributed by atoms with Gasteiger partial charge in [-0.3, -0.25) is 13.4 Å². The average Bonchev–Trinajstić information content (AvgIpc) is 2.78. The van der Waals surface area contributed by atoms with Gasteiger partial charge in [-0.25, -0.2) is 17.4 Å². The second kappa shape index (κ2) is 10.7. The Labute approximate surface area is 211 Å². The highest BCUT2D eigenvalue weighted by molar-refractivity contribution is 8.24. The molecule has 1 atom stereocenters. The summed E-state index contributed by atoms with van der Waals surface area (Å²) in [5.41, 5.74) is 2.11. The molecule has 0 aromatic heterocycles. The minimum atomic E-state index is -3.98. The maximum Gasteiger partial charge on any atom is 0.264 e. The molecule has 3 rings (SSSR count). The standard InChI is InChI=1S/C24H37N3O5S3/c1-5-19-6-8-21(9-7-19)27(17-18(2)3)35(31,32)22-10-11-23(24(16-22)33(4,25)28)26-20-12-14-34(29,30)15-13-20/h6-11,16,18,20,25-26,29-30H,5,12-15,17H2,1-4H3. The number of hydrogen-bond acceptors (Lipinski definition) is 7. The quantitative estimate of drug-likeness (QED) is 0.332. The van der Waals surface area contributed by atoms with Crippen molar-refractivity contribution in [2.24, 2.45) is 5.92 Å². The lowest BCUT2D eigenvalue weighted by Crippen LogP contribution is -2.34. The molecule has 1 aliphatic heterocycles. The zero-order valence-electron chi connectivity index (χ0n) is 20.7. The molecule has 1 fully saturated rings. The van der Waals surface area contributed by atoms with E-state index in [1.54, 1.807) is 18.2 Å². The van der Waals surface area contributed by atoms with Gasteiger partial charge < -0.3 is 5.32 Å². The molecular weight excluding hydrogens is 506 g/mol. The highest BCUT2D eigenvalue weighted by Crippen LogP contribution is 2.44. The predicted molar refractivity (Wildman–Crippen MR) is 146 cm³/mol. The molecule has 1 aliphatic rings. The summed E-state index contributed by atoms with van der Waals surface area (Å²) in [7, 11) is -9.78. The van der Waals surface area contributed by atoms with Crippen LogP contribution in [0.3, 0.4) is 0 Å². The van der Waals surface area contributed by atoms with Crippen LogP contribution in [0.1, 0.15) is 39.2 Å². The number of nitrogens with zero attached hydrogens (tertiary/aromatic N) is 1. The summed E-state index contributed by atoms with van der Waals surface area (Å²) >= 11 is 0. The van der Waals surface area contributed by atoms with Crippen LogP contribution in [0, 0.1) is 10.7 Å². The molecule has 0 bridgehead atoms. The molecule has 0 radical (unpaired) electrons. The van der Waals surface area contributed by atoms with Crippen LogP contribution in [0.25, 0.3) is 0 Å². The van der Waals surface area contributed by atoms with Crippen LogP contribution in [0.2, 0.25) is 0 Å². The van der Waals surface area contributed by atoms with E-state index in [1.165, 1.54) is 22.7 Å². The number of aryl methyl sites for hydroxylation is 1. The van der Waals surface area contributed by atoms with Crippen LogP contribution in [-0.2, 0) is 26.2 Å². The molecule has 0 amide bonds. The Hall–Kier alpha value is -1.79. The minimum Gasteiger partial charge on any atom is -0.381 e. The van der Waals surface area contributed by atoms with Crippen molar-refractivity contribution in [2.75, 3.05) is 33.9 Å². The molecule has 2 aromatic carbocycles.